The SMILES string of the molecule is C=C1C(c2ccccc2)CN(Cc2ccccc2)C(=O)C12CCN(C(=O)NC[C@H](NC(=O)c1c(F)cccc1F)C(=O)O)CC2. The lowest BCUT2D eigenvalue weighted by molar-refractivity contribution is -0.146. The molecule has 11 heteroatoms. The maximum atomic E-state index is 14.1. The molecule has 2 atom stereocenters. The highest BCUT2D eigenvalue weighted by atomic mass is 19.1. The van der Waals surface area contributed by atoms with Gasteiger partial charge < -0.3 is 25.5 Å². The van der Waals surface area contributed by atoms with Gasteiger partial charge in [0, 0.05) is 32.1 Å². The zero-order chi connectivity index (χ0) is 32.1. The molecule has 1 unspecified atom stereocenters. The van der Waals surface area contributed by atoms with Crippen molar-refractivity contribution in [1.29, 1.82) is 0 Å². The summed E-state index contributed by atoms with van der Waals surface area (Å²) < 4.78 is 28.0. The number of piperidine rings is 2. The van der Waals surface area contributed by atoms with Crippen LogP contribution in [0.15, 0.2) is 91.0 Å². The van der Waals surface area contributed by atoms with Crippen LogP contribution >= 0.6 is 0 Å². The first-order valence-corrected chi connectivity index (χ1v) is 14.7. The minimum atomic E-state index is -1.64. The van der Waals surface area contributed by atoms with E-state index in [9.17, 15) is 33.1 Å². The quantitative estimate of drug-likeness (QED) is 0.326. The molecule has 45 heavy (non-hydrogen) atoms. The van der Waals surface area contributed by atoms with E-state index in [2.05, 4.69) is 17.2 Å². The van der Waals surface area contributed by atoms with Crippen LogP contribution in [0.5, 0.6) is 0 Å². The summed E-state index contributed by atoms with van der Waals surface area (Å²) in [6.07, 6.45) is 0.663. The molecule has 2 fully saturated rings. The fourth-order valence-electron chi connectivity index (χ4n) is 6.19. The van der Waals surface area contributed by atoms with E-state index in [0.29, 0.717) is 25.9 Å². The van der Waals surface area contributed by atoms with Gasteiger partial charge in [-0.3, -0.25) is 9.59 Å². The van der Waals surface area contributed by atoms with Crippen LogP contribution in [0.25, 0.3) is 0 Å². The van der Waals surface area contributed by atoms with Crippen molar-refractivity contribution in [2.45, 2.75) is 31.3 Å². The van der Waals surface area contributed by atoms with E-state index >= 15 is 0 Å². The molecule has 0 bridgehead atoms. The summed E-state index contributed by atoms with van der Waals surface area (Å²) in [5.74, 6) is -5.15. The molecule has 2 aliphatic rings. The Balaban J connectivity index is 1.26. The Labute approximate surface area is 259 Å². The van der Waals surface area contributed by atoms with Crippen LogP contribution in [0.3, 0.4) is 0 Å². The number of carboxylic acids is 1. The molecule has 3 N–H and O–H groups in total. The third kappa shape index (κ3) is 6.57. The standard InChI is InChI=1S/C34H34F2N4O5/c1-22-25(24-11-6-3-7-12-24)21-40(20-23-9-4-2-5-10-23)32(44)34(22)15-17-39(18-16-34)33(45)37-19-28(31(42)43)38-30(41)29-26(35)13-8-14-27(29)36/h2-14,25,28H,1,15-21H2,(H,37,45)(H,38,41)(H,42,43)/t25?,28-/m0/s1. The summed E-state index contributed by atoms with van der Waals surface area (Å²) in [5.41, 5.74) is 1.09. The van der Waals surface area contributed by atoms with Gasteiger partial charge in [-0.2, -0.15) is 0 Å². The van der Waals surface area contributed by atoms with Gasteiger partial charge in [0.2, 0.25) is 5.91 Å². The van der Waals surface area contributed by atoms with E-state index in [1.165, 1.54) is 4.90 Å². The Morgan fingerprint density at radius 2 is 1.53 bits per heavy atom. The van der Waals surface area contributed by atoms with Crippen molar-refractivity contribution in [3.8, 4) is 0 Å². The second kappa shape index (κ2) is 13.3. The molecular weight excluding hydrogens is 582 g/mol. The molecule has 0 radical (unpaired) electrons. The molecule has 4 amide bonds. The number of nitrogens with one attached hydrogen (secondary N) is 2. The van der Waals surface area contributed by atoms with E-state index < -0.39 is 53.1 Å². The highest BCUT2D eigenvalue weighted by molar-refractivity contribution is 5.97. The number of carbonyl (C=O) groups excluding carboxylic acids is 3. The minimum Gasteiger partial charge on any atom is -0.480 e. The fraction of sp³-hybridized carbons (Fsp3) is 0.294. The average molecular weight is 617 g/mol. The third-order valence-electron chi connectivity index (χ3n) is 8.71. The Morgan fingerprint density at radius 1 is 0.933 bits per heavy atom. The maximum absolute atomic E-state index is 14.1. The van der Waals surface area contributed by atoms with E-state index in [0.717, 1.165) is 34.9 Å². The summed E-state index contributed by atoms with van der Waals surface area (Å²) in [6.45, 7) is 5.26. The summed E-state index contributed by atoms with van der Waals surface area (Å²) >= 11 is 0. The number of amides is 4. The van der Waals surface area contributed by atoms with Crippen LogP contribution in [-0.2, 0) is 16.1 Å². The number of hydrogen-bond acceptors (Lipinski definition) is 4. The van der Waals surface area contributed by atoms with Crippen LogP contribution in [0.1, 0.15) is 40.2 Å². The van der Waals surface area contributed by atoms with E-state index in [1.807, 2.05) is 65.6 Å². The summed E-state index contributed by atoms with van der Waals surface area (Å²) in [4.78, 5) is 54.8. The van der Waals surface area contributed by atoms with Crippen molar-refractivity contribution in [1.82, 2.24) is 20.4 Å². The number of nitrogens with zero attached hydrogens (tertiary/aromatic N) is 2. The smallest absolute Gasteiger partial charge is 0.328 e. The van der Waals surface area contributed by atoms with Gasteiger partial charge in [-0.1, -0.05) is 78.9 Å². The van der Waals surface area contributed by atoms with E-state index in [1.54, 1.807) is 0 Å². The number of benzene rings is 3. The molecule has 2 aliphatic heterocycles. The van der Waals surface area contributed by atoms with Crippen LogP contribution in [-0.4, -0.2) is 70.9 Å². The highest BCUT2D eigenvalue weighted by Gasteiger charge is 2.52. The minimum absolute atomic E-state index is 0.0300. The zero-order valence-electron chi connectivity index (χ0n) is 24.5. The van der Waals surface area contributed by atoms with Crippen molar-refractivity contribution in [3.05, 3.63) is 119 Å². The second-order valence-corrected chi connectivity index (χ2v) is 11.4. The molecule has 3 aromatic rings. The van der Waals surface area contributed by atoms with Crippen LogP contribution in [0.2, 0.25) is 0 Å². The fourth-order valence-corrected chi connectivity index (χ4v) is 6.19. The predicted octanol–water partition coefficient (Wildman–Crippen LogP) is 4.32. The Hall–Kier alpha value is -5.06. The van der Waals surface area contributed by atoms with Gasteiger partial charge in [0.25, 0.3) is 5.91 Å². The van der Waals surface area contributed by atoms with Crippen LogP contribution < -0.4 is 10.6 Å². The summed E-state index contributed by atoms with van der Waals surface area (Å²) in [6, 6.07) is 20.3. The second-order valence-electron chi connectivity index (χ2n) is 11.4. The molecule has 234 valence electrons. The summed E-state index contributed by atoms with van der Waals surface area (Å²) in [5, 5.41) is 14.1. The van der Waals surface area contributed by atoms with Gasteiger partial charge in [-0.05, 0) is 36.1 Å². The highest BCUT2D eigenvalue weighted by Crippen LogP contribution is 2.49. The van der Waals surface area contributed by atoms with Gasteiger partial charge >= 0.3 is 12.0 Å². The van der Waals surface area contributed by atoms with Gasteiger partial charge in [0.05, 0.1) is 12.0 Å². The first-order valence-electron chi connectivity index (χ1n) is 14.7. The lowest BCUT2D eigenvalue weighted by atomic mass is 9.64. The van der Waals surface area contributed by atoms with Gasteiger partial charge in [-0.15, -0.1) is 0 Å². The van der Waals surface area contributed by atoms with Gasteiger partial charge in [0.15, 0.2) is 0 Å². The molecule has 0 saturated carbocycles. The zero-order valence-corrected chi connectivity index (χ0v) is 24.5. The molecule has 2 saturated heterocycles. The number of likely N-dealkylation sites (tertiary alicyclic amines) is 2. The molecule has 5 rings (SSSR count). The van der Waals surface area contributed by atoms with Gasteiger partial charge in [0.1, 0.15) is 23.2 Å². The number of halogens is 2. The monoisotopic (exact) mass is 616 g/mol. The molecule has 9 nitrogen and oxygen atoms in total. The maximum Gasteiger partial charge on any atom is 0.328 e. The molecule has 0 aromatic heterocycles. The third-order valence-corrected chi connectivity index (χ3v) is 8.71. The van der Waals surface area contributed by atoms with Crippen molar-refractivity contribution in [2.75, 3.05) is 26.2 Å². The van der Waals surface area contributed by atoms with Crippen LogP contribution in [0.4, 0.5) is 13.6 Å². The average Bonchev–Trinajstić information content (AvgIpc) is 3.04. The Morgan fingerprint density at radius 3 is 2.13 bits per heavy atom. The summed E-state index contributed by atoms with van der Waals surface area (Å²) in [7, 11) is 0. The van der Waals surface area contributed by atoms with Crippen molar-refractivity contribution in [3.63, 3.8) is 0 Å². The largest absolute Gasteiger partial charge is 0.480 e. The van der Waals surface area contributed by atoms with E-state index in [4.69, 9.17) is 0 Å². The first kappa shape index (κ1) is 31.4. The predicted molar refractivity (Wildman–Crippen MR) is 162 cm³/mol. The topological polar surface area (TPSA) is 119 Å². The molecule has 2 heterocycles. The number of urea groups is 1. The normalized spacial score (nSPS) is 18.4. The Kier molecular flexibility index (Phi) is 9.26. The lowest BCUT2D eigenvalue weighted by Crippen LogP contribution is -2.58. The Bertz CT molecular complexity index is 1570. The number of carboxylic acid groups (broad SMARTS) is 1. The van der Waals surface area contributed by atoms with Crippen molar-refractivity contribution < 1.29 is 33.1 Å². The van der Waals surface area contributed by atoms with E-state index in [-0.39, 0.29) is 24.9 Å². The molecule has 0 aliphatic carbocycles. The number of rotatable bonds is 8. The van der Waals surface area contributed by atoms with Crippen molar-refractivity contribution in [2.24, 2.45) is 5.41 Å². The lowest BCUT2D eigenvalue weighted by Gasteiger charge is -2.50. The first-order chi connectivity index (χ1) is 21.6. The van der Waals surface area contributed by atoms with Crippen LogP contribution in [0, 0.1) is 17.0 Å². The molecule has 3 aromatic carbocycles. The molecular formula is C34H34F2N4O5. The van der Waals surface area contributed by atoms with Gasteiger partial charge in [-0.25, -0.2) is 18.4 Å². The molecule has 1 spiro atoms. The van der Waals surface area contributed by atoms with Crippen molar-refractivity contribution >= 4 is 23.8 Å². The number of hydrogen-bond donors (Lipinski definition) is 3. The number of carbonyl (C=O) groups is 4. The number of aliphatic carboxylic acids is 1.